The fraction of sp³-hybridized carbons (Fsp3) is 0.450. The van der Waals surface area contributed by atoms with Crippen molar-refractivity contribution in [3.63, 3.8) is 0 Å². The number of hydrogen-bond acceptors (Lipinski definition) is 3. The van der Waals surface area contributed by atoms with Crippen LogP contribution in [0.25, 0.3) is 10.8 Å². The van der Waals surface area contributed by atoms with E-state index >= 15 is 0 Å². The number of benzene rings is 2. The molecule has 3 rings (SSSR count). The van der Waals surface area contributed by atoms with Crippen LogP contribution >= 0.6 is 0 Å². The zero-order valence-electron chi connectivity index (χ0n) is 15.0. The zero-order chi connectivity index (χ0) is 17.6. The van der Waals surface area contributed by atoms with Crippen LogP contribution in [0.15, 0.2) is 36.4 Å². The van der Waals surface area contributed by atoms with Gasteiger partial charge in [0.15, 0.2) is 0 Å². The van der Waals surface area contributed by atoms with E-state index in [4.69, 9.17) is 9.47 Å². The van der Waals surface area contributed by atoms with Gasteiger partial charge in [-0.1, -0.05) is 24.3 Å². The average Bonchev–Trinajstić information content (AvgIpc) is 2.67. The molecule has 2 aromatic carbocycles. The fourth-order valence-electron chi connectivity index (χ4n) is 3.22. The van der Waals surface area contributed by atoms with E-state index in [1.165, 1.54) is 4.90 Å². The largest absolute Gasteiger partial charge is 0.497 e. The van der Waals surface area contributed by atoms with Crippen LogP contribution in [-0.4, -0.2) is 52.4 Å². The molecule has 1 heterocycles. The molecule has 2 aromatic rings. The summed E-state index contributed by atoms with van der Waals surface area (Å²) in [6.45, 7) is 7.33. The van der Waals surface area contributed by atoms with Gasteiger partial charge in [-0.2, -0.15) is 0 Å². The van der Waals surface area contributed by atoms with Crippen LogP contribution in [0.1, 0.15) is 18.4 Å². The summed E-state index contributed by atoms with van der Waals surface area (Å²) in [5, 5.41) is 5.31. The van der Waals surface area contributed by atoms with Gasteiger partial charge in [0.25, 0.3) is 0 Å². The Balaban J connectivity index is 1.58. The summed E-state index contributed by atoms with van der Waals surface area (Å²) >= 11 is 0. The van der Waals surface area contributed by atoms with Crippen LogP contribution < -0.4 is 15.0 Å². The van der Waals surface area contributed by atoms with Crippen LogP contribution in [0, 0.1) is 0 Å². The number of methoxy groups -OCH3 is 1. The highest BCUT2D eigenvalue weighted by Gasteiger charge is 2.17. The molecule has 1 aliphatic rings. The lowest BCUT2D eigenvalue weighted by Gasteiger charge is -2.24. The highest BCUT2D eigenvalue weighted by Crippen LogP contribution is 2.25. The van der Waals surface area contributed by atoms with E-state index in [0.717, 1.165) is 54.9 Å². The summed E-state index contributed by atoms with van der Waals surface area (Å²) in [5.41, 5.74) is 1.04. The quantitative estimate of drug-likeness (QED) is 0.822. The zero-order valence-corrected chi connectivity index (χ0v) is 15.0. The molecule has 25 heavy (non-hydrogen) atoms. The normalized spacial score (nSPS) is 16.6. The van der Waals surface area contributed by atoms with Crippen molar-refractivity contribution in [2.75, 3.05) is 46.5 Å². The number of quaternary nitrogens is 1. The van der Waals surface area contributed by atoms with Gasteiger partial charge in [-0.3, -0.25) is 4.79 Å². The molecule has 1 aliphatic heterocycles. The van der Waals surface area contributed by atoms with Gasteiger partial charge in [0.05, 0.1) is 39.3 Å². The third-order valence-corrected chi connectivity index (χ3v) is 4.94. The molecule has 1 saturated heterocycles. The lowest BCUT2D eigenvalue weighted by molar-refractivity contribution is -0.906. The number of carbonyl (C=O) groups excluding carboxylic acids is 1. The van der Waals surface area contributed by atoms with Crippen molar-refractivity contribution in [2.45, 2.75) is 12.8 Å². The minimum absolute atomic E-state index is 0.0838. The third kappa shape index (κ3) is 4.50. The summed E-state index contributed by atoms with van der Waals surface area (Å²) < 4.78 is 10.6. The van der Waals surface area contributed by atoms with Crippen LogP contribution in [0.4, 0.5) is 0 Å². The lowest BCUT2D eigenvalue weighted by Crippen LogP contribution is -3.14. The Kier molecular flexibility index (Phi) is 5.89. The SMILES string of the molecule is COc1ccc2cc([C@H](C)C(=O)NCC[NH+]3CCOCC3)ccc2c1. The van der Waals surface area contributed by atoms with E-state index in [0.29, 0.717) is 6.54 Å². The van der Waals surface area contributed by atoms with Crippen LogP contribution in [0.2, 0.25) is 0 Å². The summed E-state index contributed by atoms with van der Waals surface area (Å²) in [5.74, 6) is 0.767. The number of hydrogen-bond donors (Lipinski definition) is 2. The molecule has 1 fully saturated rings. The van der Waals surface area contributed by atoms with Gasteiger partial charge in [-0.05, 0) is 35.4 Å². The predicted octanol–water partition coefficient (Wildman–Crippen LogP) is 0.983. The van der Waals surface area contributed by atoms with E-state index in [-0.39, 0.29) is 11.8 Å². The van der Waals surface area contributed by atoms with Crippen LogP contribution in [-0.2, 0) is 9.53 Å². The first-order chi connectivity index (χ1) is 12.2. The topological polar surface area (TPSA) is 52.0 Å². The molecule has 1 atom stereocenters. The second kappa shape index (κ2) is 8.32. The van der Waals surface area contributed by atoms with Crippen LogP contribution in [0.3, 0.4) is 0 Å². The Bertz CT molecular complexity index is 726. The first-order valence-corrected chi connectivity index (χ1v) is 8.94. The number of morpholine rings is 1. The van der Waals surface area contributed by atoms with Crippen molar-refractivity contribution < 1.29 is 19.2 Å². The van der Waals surface area contributed by atoms with Gasteiger partial charge in [0.2, 0.25) is 5.91 Å². The summed E-state index contributed by atoms with van der Waals surface area (Å²) in [6, 6.07) is 12.2. The maximum absolute atomic E-state index is 12.5. The Hall–Kier alpha value is -2.11. The number of amides is 1. The average molecular weight is 343 g/mol. The predicted molar refractivity (Wildman–Crippen MR) is 98.3 cm³/mol. The lowest BCUT2D eigenvalue weighted by atomic mass is 9.97. The van der Waals surface area contributed by atoms with Gasteiger partial charge < -0.3 is 19.7 Å². The second-order valence-corrected chi connectivity index (χ2v) is 6.60. The van der Waals surface area contributed by atoms with Gasteiger partial charge in [-0.25, -0.2) is 0 Å². The molecule has 5 heteroatoms. The molecule has 0 saturated carbocycles. The Morgan fingerprint density at radius 3 is 2.68 bits per heavy atom. The van der Waals surface area contributed by atoms with Gasteiger partial charge in [0.1, 0.15) is 18.8 Å². The summed E-state index contributed by atoms with van der Waals surface area (Å²) in [4.78, 5) is 14.0. The van der Waals surface area contributed by atoms with E-state index in [2.05, 4.69) is 17.4 Å². The molecule has 0 radical (unpaired) electrons. The molecular formula is C20H27N2O3+. The fourth-order valence-corrected chi connectivity index (χ4v) is 3.22. The number of carbonyl (C=O) groups is 1. The van der Waals surface area contributed by atoms with E-state index in [1.54, 1.807) is 7.11 Å². The first-order valence-electron chi connectivity index (χ1n) is 8.94. The summed E-state index contributed by atoms with van der Waals surface area (Å²) in [6.07, 6.45) is 0. The standard InChI is InChI=1S/C20H26N2O3/c1-15(20(23)21-7-8-22-9-11-25-12-10-22)16-3-4-18-14-19(24-2)6-5-17(18)13-16/h3-6,13-15H,7-12H2,1-2H3,(H,21,23)/p+1/t15-/m0/s1. The number of ether oxygens (including phenoxy) is 2. The molecule has 0 bridgehead atoms. The molecule has 1 amide bonds. The third-order valence-electron chi connectivity index (χ3n) is 4.94. The molecule has 0 unspecified atom stereocenters. The molecule has 0 aliphatic carbocycles. The smallest absolute Gasteiger partial charge is 0.227 e. The first kappa shape index (κ1) is 17.7. The molecule has 2 N–H and O–H groups in total. The maximum atomic E-state index is 12.5. The van der Waals surface area contributed by atoms with Gasteiger partial charge >= 0.3 is 0 Å². The van der Waals surface area contributed by atoms with Gasteiger partial charge in [0, 0.05) is 0 Å². The van der Waals surface area contributed by atoms with Crippen molar-refractivity contribution in [2.24, 2.45) is 0 Å². The van der Waals surface area contributed by atoms with Crippen molar-refractivity contribution in [3.05, 3.63) is 42.0 Å². The van der Waals surface area contributed by atoms with E-state index < -0.39 is 0 Å². The Morgan fingerprint density at radius 2 is 1.92 bits per heavy atom. The Morgan fingerprint density at radius 1 is 1.20 bits per heavy atom. The number of nitrogens with one attached hydrogen (secondary N) is 2. The molecule has 134 valence electrons. The van der Waals surface area contributed by atoms with Crippen molar-refractivity contribution in [3.8, 4) is 5.75 Å². The Labute approximate surface area is 148 Å². The minimum Gasteiger partial charge on any atom is -0.497 e. The highest BCUT2D eigenvalue weighted by molar-refractivity contribution is 5.88. The molecule has 5 nitrogen and oxygen atoms in total. The van der Waals surface area contributed by atoms with Crippen LogP contribution in [0.5, 0.6) is 5.75 Å². The minimum atomic E-state index is -0.161. The van der Waals surface area contributed by atoms with Crippen molar-refractivity contribution in [1.29, 1.82) is 0 Å². The maximum Gasteiger partial charge on any atom is 0.227 e. The van der Waals surface area contributed by atoms with E-state index in [1.807, 2.05) is 31.2 Å². The molecule has 0 spiro atoms. The van der Waals surface area contributed by atoms with Crippen molar-refractivity contribution in [1.82, 2.24) is 5.32 Å². The second-order valence-electron chi connectivity index (χ2n) is 6.60. The van der Waals surface area contributed by atoms with Crippen molar-refractivity contribution >= 4 is 16.7 Å². The van der Waals surface area contributed by atoms with Gasteiger partial charge in [-0.15, -0.1) is 0 Å². The number of rotatable bonds is 6. The molecule has 0 aromatic heterocycles. The summed E-state index contributed by atoms with van der Waals surface area (Å²) in [7, 11) is 1.67. The monoisotopic (exact) mass is 343 g/mol. The van der Waals surface area contributed by atoms with E-state index in [9.17, 15) is 4.79 Å². The number of fused-ring (bicyclic) bond motifs is 1. The molecular weight excluding hydrogens is 316 g/mol. The highest BCUT2D eigenvalue weighted by atomic mass is 16.5.